The van der Waals surface area contributed by atoms with Crippen LogP contribution in [0.5, 0.6) is 0 Å². The highest BCUT2D eigenvalue weighted by atomic mass is 19.2. The third kappa shape index (κ3) is 2.32. The fourth-order valence-corrected chi connectivity index (χ4v) is 3.81. The average Bonchev–Trinajstić information content (AvgIpc) is 3.07. The molecular formula is C17H18F2N2O2. The summed E-state index contributed by atoms with van der Waals surface area (Å²) in [7, 11) is 0. The maximum atomic E-state index is 13.7. The fourth-order valence-electron chi connectivity index (χ4n) is 3.81. The molecule has 2 fully saturated rings. The van der Waals surface area contributed by atoms with Crippen LogP contribution >= 0.6 is 0 Å². The molecule has 0 bridgehead atoms. The first kappa shape index (κ1) is 14.6. The van der Waals surface area contributed by atoms with Gasteiger partial charge in [0.15, 0.2) is 11.4 Å². The number of benzene rings is 1. The number of carbonyl (C=O) groups is 1. The molecule has 1 aromatic carbocycles. The highest BCUT2D eigenvalue weighted by Gasteiger charge is 2.47. The maximum absolute atomic E-state index is 13.7. The molecule has 4 rings (SSSR count). The van der Waals surface area contributed by atoms with Gasteiger partial charge in [0, 0.05) is 22.5 Å². The van der Waals surface area contributed by atoms with E-state index in [9.17, 15) is 13.6 Å². The van der Waals surface area contributed by atoms with E-state index in [1.54, 1.807) is 0 Å². The second kappa shape index (κ2) is 5.30. The van der Waals surface area contributed by atoms with Gasteiger partial charge in [0.05, 0.1) is 12.7 Å². The summed E-state index contributed by atoms with van der Waals surface area (Å²) in [6.45, 7) is 0.921. The van der Waals surface area contributed by atoms with E-state index in [-0.39, 0.29) is 29.5 Å². The molecule has 1 amide bonds. The molecule has 1 saturated carbocycles. The molecule has 2 N–H and O–H groups in total. The average molecular weight is 320 g/mol. The van der Waals surface area contributed by atoms with Gasteiger partial charge >= 0.3 is 0 Å². The van der Waals surface area contributed by atoms with Gasteiger partial charge in [0.2, 0.25) is 11.7 Å². The van der Waals surface area contributed by atoms with Gasteiger partial charge in [-0.05, 0) is 44.4 Å². The summed E-state index contributed by atoms with van der Waals surface area (Å²) in [6.07, 6.45) is 5.74. The van der Waals surface area contributed by atoms with Gasteiger partial charge < -0.3 is 15.1 Å². The van der Waals surface area contributed by atoms with Gasteiger partial charge in [-0.25, -0.2) is 4.39 Å². The zero-order valence-corrected chi connectivity index (χ0v) is 12.6. The summed E-state index contributed by atoms with van der Waals surface area (Å²) in [5.74, 6) is -2.08. The highest BCUT2D eigenvalue weighted by Crippen LogP contribution is 2.39. The van der Waals surface area contributed by atoms with Gasteiger partial charge in [-0.2, -0.15) is 4.39 Å². The summed E-state index contributed by atoms with van der Waals surface area (Å²) >= 11 is 0. The molecule has 1 atom stereocenters. The predicted octanol–water partition coefficient (Wildman–Crippen LogP) is 2.65. The van der Waals surface area contributed by atoms with Crippen molar-refractivity contribution in [3.8, 4) is 0 Å². The van der Waals surface area contributed by atoms with Crippen LogP contribution in [0.3, 0.4) is 0 Å². The lowest BCUT2D eigenvalue weighted by Gasteiger charge is -2.43. The molecule has 1 aromatic heterocycles. The summed E-state index contributed by atoms with van der Waals surface area (Å²) in [5, 5.41) is 7.04. The number of carbonyl (C=O) groups excluding carboxylic acids is 1. The van der Waals surface area contributed by atoms with Crippen LogP contribution in [0.4, 0.5) is 8.78 Å². The number of nitrogens with one attached hydrogen (secondary N) is 2. The van der Waals surface area contributed by atoms with E-state index in [1.165, 1.54) is 18.8 Å². The van der Waals surface area contributed by atoms with Gasteiger partial charge in [-0.15, -0.1) is 0 Å². The predicted molar refractivity (Wildman–Crippen MR) is 81.0 cm³/mol. The van der Waals surface area contributed by atoms with Gasteiger partial charge in [-0.1, -0.05) is 0 Å². The summed E-state index contributed by atoms with van der Waals surface area (Å²) in [5.41, 5.74) is 0.513. The molecule has 4 nitrogen and oxygen atoms in total. The van der Waals surface area contributed by atoms with Gasteiger partial charge in [0.1, 0.15) is 0 Å². The lowest BCUT2D eigenvalue weighted by molar-refractivity contribution is -0.121. The molecule has 1 saturated heterocycles. The van der Waals surface area contributed by atoms with E-state index in [4.69, 9.17) is 4.42 Å². The number of amides is 1. The molecule has 1 unspecified atom stereocenters. The van der Waals surface area contributed by atoms with Crippen molar-refractivity contribution in [3.05, 3.63) is 35.6 Å². The van der Waals surface area contributed by atoms with Crippen LogP contribution in [0.25, 0.3) is 11.0 Å². The minimum Gasteiger partial charge on any atom is -0.461 e. The molecule has 2 aromatic rings. The van der Waals surface area contributed by atoms with Crippen LogP contribution in [-0.2, 0) is 11.2 Å². The number of halogens is 2. The Bertz CT molecular complexity index is 767. The second-order valence-corrected chi connectivity index (χ2v) is 6.52. The largest absolute Gasteiger partial charge is 0.461 e. The minimum atomic E-state index is -1.01. The van der Waals surface area contributed by atoms with E-state index in [2.05, 4.69) is 10.6 Å². The zero-order chi connectivity index (χ0) is 16.0. The Kier molecular flexibility index (Phi) is 3.37. The zero-order valence-electron chi connectivity index (χ0n) is 12.6. The van der Waals surface area contributed by atoms with Crippen molar-refractivity contribution in [2.45, 2.75) is 43.7 Å². The Labute approximate surface area is 132 Å². The van der Waals surface area contributed by atoms with E-state index in [1.807, 2.05) is 0 Å². The molecule has 1 aliphatic heterocycles. The van der Waals surface area contributed by atoms with Crippen molar-refractivity contribution in [1.29, 1.82) is 0 Å². The Hall–Kier alpha value is -1.95. The fraction of sp³-hybridized carbons (Fsp3) is 0.471. The molecule has 1 spiro atoms. The smallest absolute Gasteiger partial charge is 0.224 e. The number of hydrogen-bond donors (Lipinski definition) is 2. The first-order valence-electron chi connectivity index (χ1n) is 7.97. The van der Waals surface area contributed by atoms with Crippen LogP contribution in [0.1, 0.15) is 31.2 Å². The standard InChI is InChI=1S/C17H18F2N2O2/c18-12-3-2-11-10(9-23-16(11)15(12)19)8-14(22)21-13-4-7-20-17(13)5-1-6-17/h2-3,9,13,20H,1,4-8H2,(H,21,22). The van der Waals surface area contributed by atoms with Crippen molar-refractivity contribution in [3.63, 3.8) is 0 Å². The van der Waals surface area contributed by atoms with Gasteiger partial charge in [0.25, 0.3) is 0 Å². The Balaban J connectivity index is 1.50. The van der Waals surface area contributed by atoms with Crippen LogP contribution in [0.2, 0.25) is 0 Å². The number of rotatable bonds is 3. The molecule has 2 aliphatic rings. The lowest BCUT2D eigenvalue weighted by Crippen LogP contribution is -2.59. The summed E-state index contributed by atoms with van der Waals surface area (Å²) in [6, 6.07) is 2.65. The van der Waals surface area contributed by atoms with Crippen molar-refractivity contribution >= 4 is 16.9 Å². The van der Waals surface area contributed by atoms with E-state index in [0.29, 0.717) is 10.9 Å². The van der Waals surface area contributed by atoms with Crippen LogP contribution < -0.4 is 10.6 Å². The van der Waals surface area contributed by atoms with E-state index >= 15 is 0 Å². The Morgan fingerprint density at radius 3 is 2.96 bits per heavy atom. The van der Waals surface area contributed by atoms with Crippen molar-refractivity contribution < 1.29 is 18.0 Å². The van der Waals surface area contributed by atoms with Crippen molar-refractivity contribution in [1.82, 2.24) is 10.6 Å². The topological polar surface area (TPSA) is 54.3 Å². The van der Waals surface area contributed by atoms with Gasteiger partial charge in [-0.3, -0.25) is 4.79 Å². The normalized spacial score (nSPS) is 22.4. The van der Waals surface area contributed by atoms with Crippen molar-refractivity contribution in [2.24, 2.45) is 0 Å². The quantitative estimate of drug-likeness (QED) is 0.914. The third-order valence-electron chi connectivity index (χ3n) is 5.22. The lowest BCUT2D eigenvalue weighted by atomic mass is 9.73. The molecule has 1 aliphatic carbocycles. The Morgan fingerprint density at radius 1 is 1.39 bits per heavy atom. The molecule has 0 radical (unpaired) electrons. The number of hydrogen-bond acceptors (Lipinski definition) is 3. The van der Waals surface area contributed by atoms with Crippen molar-refractivity contribution in [2.75, 3.05) is 6.54 Å². The van der Waals surface area contributed by atoms with Crippen LogP contribution in [0.15, 0.2) is 22.8 Å². The van der Waals surface area contributed by atoms with Crippen LogP contribution in [-0.4, -0.2) is 24.0 Å². The molecular weight excluding hydrogens is 302 g/mol. The highest BCUT2D eigenvalue weighted by molar-refractivity contribution is 5.88. The first-order valence-corrected chi connectivity index (χ1v) is 7.97. The van der Waals surface area contributed by atoms with E-state index < -0.39 is 11.6 Å². The maximum Gasteiger partial charge on any atom is 0.224 e. The molecule has 23 heavy (non-hydrogen) atoms. The monoisotopic (exact) mass is 320 g/mol. The minimum absolute atomic E-state index is 0.0728. The SMILES string of the molecule is O=C(Cc1coc2c(F)c(F)ccc12)NC1CCNC12CCC2. The number of furan rings is 1. The Morgan fingerprint density at radius 2 is 2.22 bits per heavy atom. The number of fused-ring (bicyclic) bond motifs is 1. The molecule has 122 valence electrons. The molecule has 6 heteroatoms. The van der Waals surface area contributed by atoms with Crippen LogP contribution in [0, 0.1) is 11.6 Å². The summed E-state index contributed by atoms with van der Waals surface area (Å²) in [4.78, 5) is 12.3. The van der Waals surface area contributed by atoms with E-state index in [0.717, 1.165) is 31.9 Å². The second-order valence-electron chi connectivity index (χ2n) is 6.52. The summed E-state index contributed by atoms with van der Waals surface area (Å²) < 4.78 is 32.0. The molecule has 2 heterocycles. The first-order chi connectivity index (χ1) is 11.1. The third-order valence-corrected chi connectivity index (χ3v) is 5.22.